The summed E-state index contributed by atoms with van der Waals surface area (Å²) in [6.07, 6.45) is 19.5. The molecule has 6 atom stereocenters. The van der Waals surface area contributed by atoms with Crippen molar-refractivity contribution in [3.63, 3.8) is 0 Å². The molecule has 17 heteroatoms. The number of para-hydroxylation sites is 1. The van der Waals surface area contributed by atoms with Gasteiger partial charge in [-0.05, 0) is 68.3 Å². The molecule has 2 fully saturated rings. The molecule has 2 aliphatic rings. The fraction of sp³-hybridized carbons (Fsp3) is 0.600. The van der Waals surface area contributed by atoms with Gasteiger partial charge >= 0.3 is 7.82 Å². The average Bonchev–Trinajstić information content (AvgIpc) is 3.98. The van der Waals surface area contributed by atoms with Crippen molar-refractivity contribution in [1.29, 1.82) is 10.5 Å². The number of hydrogen-bond acceptors (Lipinski definition) is 13. The Kier molecular flexibility index (Phi) is 19.8. The maximum atomic E-state index is 14.9. The van der Waals surface area contributed by atoms with Crippen molar-refractivity contribution in [2.75, 3.05) is 18.9 Å². The Hall–Kier alpha value is -4.15. The lowest BCUT2D eigenvalue weighted by atomic mass is 9.96. The zero-order valence-corrected chi connectivity index (χ0v) is 40.9. The Balaban J connectivity index is 1.09. The van der Waals surface area contributed by atoms with E-state index in [9.17, 15) is 19.5 Å². The number of ether oxygens (including phenoxy) is 4. The van der Waals surface area contributed by atoms with Crippen molar-refractivity contribution >= 4 is 30.8 Å². The number of aromatic nitrogens is 3. The highest BCUT2D eigenvalue weighted by Gasteiger charge is 2.65. The number of nitrogen functional groups attached to an aromatic ring is 1. The summed E-state index contributed by atoms with van der Waals surface area (Å²) in [6.45, 7) is 4.77. The van der Waals surface area contributed by atoms with Crippen LogP contribution in [0.25, 0.3) is 5.52 Å². The Morgan fingerprint density at radius 1 is 0.881 bits per heavy atom. The number of nitriles is 2. The largest absolute Gasteiger partial charge is 0.530 e. The van der Waals surface area contributed by atoms with Crippen molar-refractivity contribution in [3.8, 4) is 17.9 Å². The summed E-state index contributed by atoms with van der Waals surface area (Å²) in [5.41, 5.74) is 5.92. The van der Waals surface area contributed by atoms with E-state index in [-0.39, 0.29) is 35.4 Å². The number of phosphoric ester groups is 1. The standard InChI is InChI=1S/C50H67ClFN6O8P/c1-4-5-6-7-8-9-10-11-12-13-14-15-16-17-18-19-20-23-40(60-32-38-28-37(31-53)29-39(52)30-38)33-61-67(59,66-44-25-22-21-24-41(44)51)62-35-50(34-54)47-46(63-49(2,3)65-47)45(64-50)42-26-27-43-48(55)56-36-57-58(42)43/h21-22,24-30,36,40,45-47H,4-20,23,32-33,35H2,1-3H3,(H2,55,56,57)/t40-,45-,46-,47-,50+,67?/m0/s1. The van der Waals surface area contributed by atoms with Crippen LogP contribution in [0.15, 0.2) is 60.9 Å². The van der Waals surface area contributed by atoms with Gasteiger partial charge in [-0.3, -0.25) is 9.05 Å². The first-order valence-corrected chi connectivity index (χ1v) is 25.9. The van der Waals surface area contributed by atoms with E-state index in [2.05, 4.69) is 23.1 Å². The second kappa shape index (κ2) is 25.5. The number of benzene rings is 2. The predicted molar refractivity (Wildman–Crippen MR) is 253 cm³/mol. The molecule has 2 N–H and O–H groups in total. The van der Waals surface area contributed by atoms with E-state index in [0.717, 1.165) is 31.7 Å². The van der Waals surface area contributed by atoms with Crippen LogP contribution in [-0.2, 0) is 39.2 Å². The van der Waals surface area contributed by atoms with Gasteiger partial charge in [-0.1, -0.05) is 140 Å². The molecule has 0 aliphatic carbocycles. The summed E-state index contributed by atoms with van der Waals surface area (Å²) in [6, 6.07) is 18.1. The molecule has 6 rings (SSSR count). The lowest BCUT2D eigenvalue weighted by Crippen LogP contribution is -2.46. The van der Waals surface area contributed by atoms with Crippen LogP contribution in [0.1, 0.15) is 159 Å². The maximum Gasteiger partial charge on any atom is 0.530 e. The summed E-state index contributed by atoms with van der Waals surface area (Å²) in [5.74, 6) is -1.41. The molecular weight excluding hydrogens is 898 g/mol. The third-order valence-electron chi connectivity index (χ3n) is 12.3. The molecule has 0 radical (unpaired) electrons. The molecule has 0 saturated carbocycles. The van der Waals surface area contributed by atoms with E-state index < -0.39 is 56.1 Å². The highest BCUT2D eigenvalue weighted by Crippen LogP contribution is 2.55. The molecule has 0 spiro atoms. The third kappa shape index (κ3) is 14.9. The molecule has 2 saturated heterocycles. The molecule has 0 amide bonds. The Morgan fingerprint density at radius 2 is 1.54 bits per heavy atom. The highest BCUT2D eigenvalue weighted by molar-refractivity contribution is 7.49. The predicted octanol–water partition coefficient (Wildman–Crippen LogP) is 12.7. The molecule has 14 nitrogen and oxygen atoms in total. The first-order chi connectivity index (χ1) is 32.4. The van der Waals surface area contributed by atoms with Gasteiger partial charge in [0.2, 0.25) is 5.60 Å². The smallest absolute Gasteiger partial charge is 0.402 e. The van der Waals surface area contributed by atoms with E-state index >= 15 is 0 Å². The molecule has 2 aromatic carbocycles. The van der Waals surface area contributed by atoms with Crippen LogP contribution in [0.5, 0.6) is 5.75 Å². The van der Waals surface area contributed by atoms with Gasteiger partial charge in [0.15, 0.2) is 11.6 Å². The lowest BCUT2D eigenvalue weighted by Gasteiger charge is -2.30. The molecular formula is C50H67ClFN6O8P. The SMILES string of the molecule is CCCCCCCCCCCCCCCCCCC[C@@H](COP(=O)(OC[C@@]1(C#N)O[C@@H](c2ccc3c(N)ncnn23)[C@@H]2OC(C)(C)O[C@@H]21)Oc1ccccc1Cl)OCc1cc(F)cc(C#N)c1. The normalized spacial score (nSPS) is 21.1. The zero-order chi connectivity index (χ0) is 47.7. The first kappa shape index (κ1) is 52.2. The summed E-state index contributed by atoms with van der Waals surface area (Å²) >= 11 is 6.48. The molecule has 364 valence electrons. The average molecular weight is 966 g/mol. The monoisotopic (exact) mass is 964 g/mol. The van der Waals surface area contributed by atoms with Gasteiger partial charge in [0.1, 0.15) is 54.4 Å². The second-order valence-electron chi connectivity index (χ2n) is 18.1. The molecule has 1 unspecified atom stereocenters. The molecule has 4 aromatic rings. The Labute approximate surface area is 400 Å². The maximum absolute atomic E-state index is 14.9. The van der Waals surface area contributed by atoms with E-state index in [4.69, 9.17) is 49.9 Å². The Morgan fingerprint density at radius 3 is 2.18 bits per heavy atom. The number of rotatable bonds is 30. The van der Waals surface area contributed by atoms with E-state index in [1.165, 1.54) is 102 Å². The minimum atomic E-state index is -4.66. The van der Waals surface area contributed by atoms with Gasteiger partial charge in [0, 0.05) is 0 Å². The number of anilines is 1. The summed E-state index contributed by atoms with van der Waals surface area (Å²) in [7, 11) is -4.66. The van der Waals surface area contributed by atoms with Crippen molar-refractivity contribution < 1.29 is 41.5 Å². The second-order valence-corrected chi connectivity index (χ2v) is 20.1. The molecule has 4 heterocycles. The van der Waals surface area contributed by atoms with Crippen LogP contribution in [0.3, 0.4) is 0 Å². The van der Waals surface area contributed by atoms with Crippen LogP contribution >= 0.6 is 19.4 Å². The van der Waals surface area contributed by atoms with Crippen molar-refractivity contribution in [3.05, 3.63) is 88.6 Å². The van der Waals surface area contributed by atoms with Crippen molar-refractivity contribution in [2.45, 2.75) is 179 Å². The van der Waals surface area contributed by atoms with Crippen LogP contribution in [0.2, 0.25) is 5.02 Å². The van der Waals surface area contributed by atoms with Crippen LogP contribution in [0, 0.1) is 28.5 Å². The fourth-order valence-electron chi connectivity index (χ4n) is 8.79. The minimum absolute atomic E-state index is 0.0227. The van der Waals surface area contributed by atoms with Gasteiger partial charge < -0.3 is 29.2 Å². The number of nitrogens with two attached hydrogens (primary N) is 1. The lowest BCUT2D eigenvalue weighted by molar-refractivity contribution is -0.204. The molecule has 67 heavy (non-hydrogen) atoms. The van der Waals surface area contributed by atoms with E-state index in [0.29, 0.717) is 23.2 Å². The fourth-order valence-corrected chi connectivity index (χ4v) is 10.3. The van der Waals surface area contributed by atoms with Crippen molar-refractivity contribution in [1.82, 2.24) is 14.6 Å². The number of fused-ring (bicyclic) bond motifs is 2. The third-order valence-corrected chi connectivity index (χ3v) is 14.0. The topological polar surface area (TPSA) is 185 Å². The van der Waals surface area contributed by atoms with Gasteiger partial charge in [0.05, 0.1) is 41.7 Å². The van der Waals surface area contributed by atoms with Gasteiger partial charge in [0.25, 0.3) is 0 Å². The quantitative estimate of drug-likeness (QED) is 0.0385. The van der Waals surface area contributed by atoms with Gasteiger partial charge in [-0.2, -0.15) is 15.6 Å². The number of unbranched alkanes of at least 4 members (excludes halogenated alkanes) is 16. The van der Waals surface area contributed by atoms with Crippen molar-refractivity contribution in [2.24, 2.45) is 0 Å². The van der Waals surface area contributed by atoms with Crippen LogP contribution in [-0.4, -0.2) is 57.5 Å². The van der Waals surface area contributed by atoms with Gasteiger partial charge in [-0.15, -0.1) is 0 Å². The van der Waals surface area contributed by atoms with E-state index in [1.54, 1.807) is 54.8 Å². The van der Waals surface area contributed by atoms with E-state index in [1.807, 2.05) is 6.07 Å². The summed E-state index contributed by atoms with van der Waals surface area (Å²) in [5, 5.41) is 24.8. The van der Waals surface area contributed by atoms with Crippen LogP contribution in [0.4, 0.5) is 10.2 Å². The number of halogens is 2. The number of phosphoric acid groups is 1. The zero-order valence-electron chi connectivity index (χ0n) is 39.2. The number of hydrogen-bond donors (Lipinski definition) is 1. The molecule has 2 aromatic heterocycles. The first-order valence-electron chi connectivity index (χ1n) is 24.1. The summed E-state index contributed by atoms with van der Waals surface area (Å²) < 4.78 is 74.4. The molecule has 0 bridgehead atoms. The Bertz CT molecular complexity index is 2320. The minimum Gasteiger partial charge on any atom is -0.402 e. The summed E-state index contributed by atoms with van der Waals surface area (Å²) in [4.78, 5) is 4.07. The van der Waals surface area contributed by atoms with Crippen LogP contribution < -0.4 is 10.3 Å². The number of nitrogens with zero attached hydrogens (tertiary/aromatic N) is 5. The highest BCUT2D eigenvalue weighted by atomic mass is 35.5. The van der Waals surface area contributed by atoms with Gasteiger partial charge in [-0.25, -0.2) is 18.5 Å². The molecule has 2 aliphatic heterocycles.